The number of aromatic nitrogens is 3. The molecular formula is C24H29IN6. The molecule has 6 nitrogen and oxygen atoms in total. The Kier molecular flexibility index (Phi) is 8.22. The molecular weight excluding hydrogens is 499 g/mol. The molecule has 0 spiro atoms. The lowest BCUT2D eigenvalue weighted by Crippen LogP contribution is -2.43. The zero-order valence-electron chi connectivity index (χ0n) is 18.0. The molecule has 0 amide bonds. The number of nitrogens with one attached hydrogen (secondary N) is 1. The van der Waals surface area contributed by atoms with Crippen LogP contribution in [0.2, 0.25) is 0 Å². The van der Waals surface area contributed by atoms with Crippen LogP contribution in [0.3, 0.4) is 0 Å². The first-order valence-electron chi connectivity index (χ1n) is 10.5. The van der Waals surface area contributed by atoms with Crippen LogP contribution in [0.1, 0.15) is 30.3 Å². The summed E-state index contributed by atoms with van der Waals surface area (Å²) in [5, 5.41) is 3.43. The van der Waals surface area contributed by atoms with Gasteiger partial charge in [0.05, 0.1) is 6.54 Å². The van der Waals surface area contributed by atoms with E-state index in [1.165, 1.54) is 11.1 Å². The van der Waals surface area contributed by atoms with Gasteiger partial charge in [-0.3, -0.25) is 4.57 Å². The summed E-state index contributed by atoms with van der Waals surface area (Å²) in [5.74, 6) is 2.75. The van der Waals surface area contributed by atoms with Crippen LogP contribution < -0.4 is 5.32 Å². The second-order valence-electron chi connectivity index (χ2n) is 7.33. The Balaban J connectivity index is 0.00000272. The first-order valence-corrected chi connectivity index (χ1v) is 10.5. The predicted molar refractivity (Wildman–Crippen MR) is 137 cm³/mol. The van der Waals surface area contributed by atoms with Gasteiger partial charge in [-0.2, -0.15) is 0 Å². The van der Waals surface area contributed by atoms with Crippen molar-refractivity contribution in [2.24, 2.45) is 4.99 Å². The smallest absolute Gasteiger partial charge is 0.194 e. The van der Waals surface area contributed by atoms with Crippen molar-refractivity contribution < 1.29 is 0 Å². The van der Waals surface area contributed by atoms with Crippen molar-refractivity contribution in [1.82, 2.24) is 24.8 Å². The van der Waals surface area contributed by atoms with Crippen molar-refractivity contribution in [3.8, 4) is 5.82 Å². The molecule has 2 aromatic heterocycles. The fraction of sp³-hybridized carbons (Fsp3) is 0.292. The van der Waals surface area contributed by atoms with Gasteiger partial charge in [0.15, 0.2) is 5.96 Å². The first kappa shape index (κ1) is 23.0. The lowest BCUT2D eigenvalue weighted by molar-refractivity contribution is 0.440. The highest BCUT2D eigenvalue weighted by atomic mass is 127. The number of aryl methyl sites for hydroxylation is 1. The summed E-state index contributed by atoms with van der Waals surface area (Å²) >= 11 is 0. The van der Waals surface area contributed by atoms with Gasteiger partial charge in [0.1, 0.15) is 11.6 Å². The van der Waals surface area contributed by atoms with Crippen molar-refractivity contribution >= 4 is 35.5 Å². The van der Waals surface area contributed by atoms with E-state index in [4.69, 9.17) is 4.99 Å². The number of imidazole rings is 1. The lowest BCUT2D eigenvalue weighted by atomic mass is 10.00. The van der Waals surface area contributed by atoms with Crippen molar-refractivity contribution in [3.63, 3.8) is 0 Å². The van der Waals surface area contributed by atoms with Crippen LogP contribution in [0.15, 0.2) is 72.1 Å². The third-order valence-corrected chi connectivity index (χ3v) is 5.28. The van der Waals surface area contributed by atoms with Gasteiger partial charge < -0.3 is 10.2 Å². The summed E-state index contributed by atoms with van der Waals surface area (Å²) in [5.41, 5.74) is 3.82. The molecule has 1 aliphatic rings. The van der Waals surface area contributed by atoms with Crippen molar-refractivity contribution in [2.45, 2.75) is 26.8 Å². The van der Waals surface area contributed by atoms with Gasteiger partial charge in [-0.05, 0) is 43.0 Å². The quantitative estimate of drug-likeness (QED) is 0.302. The fourth-order valence-electron chi connectivity index (χ4n) is 3.64. The maximum absolute atomic E-state index is 4.86. The van der Waals surface area contributed by atoms with E-state index in [-0.39, 0.29) is 24.0 Å². The first-order chi connectivity index (χ1) is 14.7. The third-order valence-electron chi connectivity index (χ3n) is 5.28. The molecule has 0 bridgehead atoms. The Morgan fingerprint density at radius 1 is 1.13 bits per heavy atom. The Bertz CT molecular complexity index is 1020. The summed E-state index contributed by atoms with van der Waals surface area (Å²) in [6, 6.07) is 14.7. The van der Waals surface area contributed by atoms with E-state index >= 15 is 0 Å². The zero-order chi connectivity index (χ0) is 20.8. The number of benzene rings is 1. The lowest BCUT2D eigenvalue weighted by Gasteiger charge is -2.30. The van der Waals surface area contributed by atoms with Crippen LogP contribution in [0, 0.1) is 6.92 Å². The van der Waals surface area contributed by atoms with Crippen LogP contribution in [-0.4, -0.2) is 45.0 Å². The molecule has 3 heterocycles. The normalized spacial score (nSPS) is 14.1. The Hall–Kier alpha value is -2.68. The van der Waals surface area contributed by atoms with Crippen LogP contribution in [0.4, 0.5) is 0 Å². The van der Waals surface area contributed by atoms with Crippen LogP contribution in [0.25, 0.3) is 11.4 Å². The summed E-state index contributed by atoms with van der Waals surface area (Å²) in [7, 11) is 0. The largest absolute Gasteiger partial charge is 0.356 e. The van der Waals surface area contributed by atoms with Gasteiger partial charge in [-0.25, -0.2) is 15.0 Å². The Morgan fingerprint density at radius 3 is 2.58 bits per heavy atom. The van der Waals surface area contributed by atoms with E-state index in [9.17, 15) is 0 Å². The van der Waals surface area contributed by atoms with Crippen molar-refractivity contribution in [2.75, 3.05) is 19.6 Å². The molecule has 0 unspecified atom stereocenters. The number of guanidine groups is 1. The minimum Gasteiger partial charge on any atom is -0.356 e. The topological polar surface area (TPSA) is 58.3 Å². The third kappa shape index (κ3) is 5.72. The van der Waals surface area contributed by atoms with Gasteiger partial charge in [-0.15, -0.1) is 24.0 Å². The maximum atomic E-state index is 4.86. The highest BCUT2D eigenvalue weighted by Crippen LogP contribution is 2.22. The summed E-state index contributed by atoms with van der Waals surface area (Å²) in [6.07, 6.45) is 8.94. The number of hydrogen-bond acceptors (Lipinski definition) is 3. The summed E-state index contributed by atoms with van der Waals surface area (Å²) in [6.45, 7) is 7.36. The van der Waals surface area contributed by atoms with E-state index < -0.39 is 0 Å². The molecule has 1 aliphatic heterocycles. The zero-order valence-corrected chi connectivity index (χ0v) is 20.4. The molecule has 0 fully saturated rings. The molecule has 4 rings (SSSR count). The van der Waals surface area contributed by atoms with E-state index in [0.29, 0.717) is 6.54 Å². The summed E-state index contributed by atoms with van der Waals surface area (Å²) < 4.78 is 1.97. The minimum atomic E-state index is 0. The molecule has 0 atom stereocenters. The molecule has 3 aromatic rings. The SMILES string of the molecule is CCNC(=NCc1ccc(-n2ccnc2C)nc1)N1CC=C(c2ccccc2)CC1.I. The molecule has 31 heavy (non-hydrogen) atoms. The monoisotopic (exact) mass is 528 g/mol. The molecule has 0 radical (unpaired) electrons. The Labute approximate surface area is 201 Å². The Morgan fingerprint density at radius 2 is 1.97 bits per heavy atom. The number of aliphatic imine (C=N–C) groups is 1. The van der Waals surface area contributed by atoms with Crippen molar-refractivity contribution in [3.05, 3.63) is 84.1 Å². The van der Waals surface area contributed by atoms with Gasteiger partial charge in [0.2, 0.25) is 0 Å². The fourth-order valence-corrected chi connectivity index (χ4v) is 3.64. The van der Waals surface area contributed by atoms with E-state index in [1.54, 1.807) is 6.20 Å². The van der Waals surface area contributed by atoms with Gasteiger partial charge in [0, 0.05) is 38.2 Å². The second-order valence-corrected chi connectivity index (χ2v) is 7.33. The number of hydrogen-bond donors (Lipinski definition) is 1. The van der Waals surface area contributed by atoms with Crippen LogP contribution >= 0.6 is 24.0 Å². The predicted octanol–water partition coefficient (Wildman–Crippen LogP) is 4.45. The highest BCUT2D eigenvalue weighted by Gasteiger charge is 2.16. The number of nitrogens with zero attached hydrogens (tertiary/aromatic N) is 5. The second kappa shape index (κ2) is 11.1. The molecule has 0 aliphatic carbocycles. The van der Waals surface area contributed by atoms with E-state index in [0.717, 1.165) is 49.2 Å². The molecule has 7 heteroatoms. The van der Waals surface area contributed by atoms with Gasteiger partial charge in [0.25, 0.3) is 0 Å². The van der Waals surface area contributed by atoms with Crippen LogP contribution in [0.5, 0.6) is 0 Å². The maximum Gasteiger partial charge on any atom is 0.194 e. The number of pyridine rings is 1. The average molecular weight is 528 g/mol. The van der Waals surface area contributed by atoms with Gasteiger partial charge >= 0.3 is 0 Å². The molecule has 0 saturated heterocycles. The number of rotatable bonds is 5. The van der Waals surface area contributed by atoms with Crippen LogP contribution in [-0.2, 0) is 6.54 Å². The minimum absolute atomic E-state index is 0. The average Bonchev–Trinajstić information content (AvgIpc) is 3.23. The van der Waals surface area contributed by atoms with E-state index in [2.05, 4.69) is 69.6 Å². The number of halogens is 1. The summed E-state index contributed by atoms with van der Waals surface area (Å²) in [4.78, 5) is 16.0. The van der Waals surface area contributed by atoms with Crippen molar-refractivity contribution in [1.29, 1.82) is 0 Å². The molecule has 162 valence electrons. The van der Waals surface area contributed by atoms with Gasteiger partial charge in [-0.1, -0.05) is 42.5 Å². The standard InChI is InChI=1S/C24H28N6.HI/c1-3-25-24(29-14-11-22(12-15-29)21-7-5-4-6-8-21)28-18-20-9-10-23(27-17-20)30-16-13-26-19(30)2;/h4-11,13,16-17H,3,12,14-15,18H2,1-2H3,(H,25,28);1H. The molecule has 1 N–H and O–H groups in total. The van der Waals surface area contributed by atoms with E-state index in [1.807, 2.05) is 30.0 Å². The highest BCUT2D eigenvalue weighted by molar-refractivity contribution is 14.0. The molecule has 0 saturated carbocycles. The molecule has 1 aromatic carbocycles.